The van der Waals surface area contributed by atoms with Crippen molar-refractivity contribution in [3.63, 3.8) is 0 Å². The first-order valence-corrected chi connectivity index (χ1v) is 12.0. The van der Waals surface area contributed by atoms with Crippen LogP contribution in [0.1, 0.15) is 50.2 Å². The molecule has 34 heavy (non-hydrogen) atoms. The Morgan fingerprint density at radius 1 is 1.26 bits per heavy atom. The van der Waals surface area contributed by atoms with E-state index in [0.717, 1.165) is 25.9 Å². The standard InChI is InChI=1S/C23H28N4O6S/c1-13-4-5-16(33-13)20(28)24-15-6-8-27(9-7-15)12-17-25-21(29)18-14(2)19(34-22(18)26-17)23(30)32-11-10-31-3/h4-5,15H,6-12H2,1-3H3,(H,24,28)(H,25,26,29). The summed E-state index contributed by atoms with van der Waals surface area (Å²) in [6, 6.07) is 3.51. The number of furan rings is 1. The maximum Gasteiger partial charge on any atom is 0.348 e. The summed E-state index contributed by atoms with van der Waals surface area (Å²) in [5, 5.41) is 3.44. The van der Waals surface area contributed by atoms with Crippen LogP contribution in [0.3, 0.4) is 0 Å². The number of aromatic nitrogens is 2. The number of nitrogens with zero attached hydrogens (tertiary/aromatic N) is 2. The van der Waals surface area contributed by atoms with Crippen LogP contribution >= 0.6 is 11.3 Å². The first kappa shape index (κ1) is 24.1. The van der Waals surface area contributed by atoms with Crippen molar-refractivity contribution >= 4 is 33.4 Å². The van der Waals surface area contributed by atoms with Crippen LogP contribution in [0.2, 0.25) is 0 Å². The van der Waals surface area contributed by atoms with Crippen LogP contribution in [0, 0.1) is 13.8 Å². The first-order chi connectivity index (χ1) is 16.4. The number of carbonyl (C=O) groups is 2. The Kier molecular flexibility index (Phi) is 7.44. The van der Waals surface area contributed by atoms with Gasteiger partial charge in [-0.05, 0) is 44.4 Å². The van der Waals surface area contributed by atoms with Crippen molar-refractivity contribution in [3.05, 3.63) is 50.3 Å². The fraction of sp³-hybridized carbons (Fsp3) is 0.478. The van der Waals surface area contributed by atoms with Gasteiger partial charge >= 0.3 is 5.97 Å². The van der Waals surface area contributed by atoms with Gasteiger partial charge in [0.1, 0.15) is 27.9 Å². The fourth-order valence-corrected chi connectivity index (χ4v) is 5.10. The molecule has 0 bridgehead atoms. The molecule has 0 saturated carbocycles. The molecule has 0 aliphatic carbocycles. The molecule has 0 atom stereocenters. The predicted molar refractivity (Wildman–Crippen MR) is 126 cm³/mol. The molecule has 1 aliphatic heterocycles. The number of fused-ring (bicyclic) bond motifs is 1. The normalized spacial score (nSPS) is 15.0. The third kappa shape index (κ3) is 5.37. The lowest BCUT2D eigenvalue weighted by atomic mass is 10.0. The number of carbonyl (C=O) groups excluding carboxylic acids is 2. The van der Waals surface area contributed by atoms with Gasteiger partial charge in [0, 0.05) is 26.2 Å². The van der Waals surface area contributed by atoms with E-state index in [2.05, 4.69) is 20.2 Å². The van der Waals surface area contributed by atoms with Crippen molar-refractivity contribution in [2.45, 2.75) is 39.3 Å². The molecule has 0 spiro atoms. The number of piperidine rings is 1. The second-order valence-corrected chi connectivity index (χ2v) is 9.31. The number of esters is 1. The highest BCUT2D eigenvalue weighted by molar-refractivity contribution is 7.20. The minimum Gasteiger partial charge on any atom is -0.459 e. The Morgan fingerprint density at radius 3 is 2.71 bits per heavy atom. The lowest BCUT2D eigenvalue weighted by molar-refractivity contribution is 0.0393. The minimum absolute atomic E-state index is 0.0651. The van der Waals surface area contributed by atoms with Gasteiger partial charge in [-0.3, -0.25) is 14.5 Å². The van der Waals surface area contributed by atoms with Crippen molar-refractivity contribution in [2.24, 2.45) is 0 Å². The molecule has 11 heteroatoms. The van der Waals surface area contributed by atoms with E-state index in [1.807, 2.05) is 0 Å². The number of ether oxygens (including phenoxy) is 2. The highest BCUT2D eigenvalue weighted by Crippen LogP contribution is 2.28. The summed E-state index contributed by atoms with van der Waals surface area (Å²) in [4.78, 5) is 48.0. The second-order valence-electron chi connectivity index (χ2n) is 8.31. The molecular weight excluding hydrogens is 460 g/mol. The first-order valence-electron chi connectivity index (χ1n) is 11.1. The summed E-state index contributed by atoms with van der Waals surface area (Å²) >= 11 is 1.17. The topological polar surface area (TPSA) is 127 Å². The van der Waals surface area contributed by atoms with Crippen molar-refractivity contribution in [2.75, 3.05) is 33.4 Å². The number of thiophene rings is 1. The van der Waals surface area contributed by atoms with Crippen molar-refractivity contribution in [3.8, 4) is 0 Å². The summed E-state index contributed by atoms with van der Waals surface area (Å²) in [7, 11) is 1.53. The van der Waals surface area contributed by atoms with Crippen LogP contribution in [0.5, 0.6) is 0 Å². The van der Waals surface area contributed by atoms with Gasteiger partial charge in [0.2, 0.25) is 0 Å². The highest BCUT2D eigenvalue weighted by Gasteiger charge is 2.24. The lowest BCUT2D eigenvalue weighted by Gasteiger charge is -2.31. The Hall–Kier alpha value is -3.02. The van der Waals surface area contributed by atoms with Crippen molar-refractivity contribution in [1.82, 2.24) is 20.2 Å². The Morgan fingerprint density at radius 2 is 2.03 bits per heavy atom. The number of aryl methyl sites for hydroxylation is 2. The van der Waals surface area contributed by atoms with E-state index in [9.17, 15) is 14.4 Å². The van der Waals surface area contributed by atoms with Gasteiger partial charge in [0.15, 0.2) is 5.76 Å². The molecule has 1 saturated heterocycles. The third-order valence-electron chi connectivity index (χ3n) is 5.82. The van der Waals surface area contributed by atoms with Gasteiger partial charge in [-0.1, -0.05) is 0 Å². The van der Waals surface area contributed by atoms with Crippen LogP contribution in [0.15, 0.2) is 21.3 Å². The van der Waals surface area contributed by atoms with E-state index in [-0.39, 0.29) is 24.1 Å². The number of nitrogens with one attached hydrogen (secondary N) is 2. The summed E-state index contributed by atoms with van der Waals surface area (Å²) in [5.41, 5.74) is 0.312. The maximum atomic E-state index is 12.7. The SMILES string of the molecule is COCCOC(=O)c1sc2nc(CN3CCC(NC(=O)c4ccc(C)o4)CC3)[nH]c(=O)c2c1C. The quantitative estimate of drug-likeness (QED) is 0.366. The monoisotopic (exact) mass is 488 g/mol. The van der Waals surface area contributed by atoms with Crippen molar-refractivity contribution < 1.29 is 23.5 Å². The minimum atomic E-state index is -0.479. The molecule has 0 aromatic carbocycles. The zero-order valence-corrected chi connectivity index (χ0v) is 20.3. The average Bonchev–Trinajstić information content (AvgIpc) is 3.39. The van der Waals surface area contributed by atoms with Crippen LogP contribution in [0.4, 0.5) is 0 Å². The molecule has 4 heterocycles. The molecule has 1 amide bonds. The smallest absolute Gasteiger partial charge is 0.348 e. The third-order valence-corrected chi connectivity index (χ3v) is 6.98. The molecule has 1 fully saturated rings. The van der Waals surface area contributed by atoms with Gasteiger partial charge in [-0.15, -0.1) is 11.3 Å². The van der Waals surface area contributed by atoms with Crippen LogP contribution in [0.25, 0.3) is 10.2 Å². The molecule has 0 unspecified atom stereocenters. The number of hydrogen-bond donors (Lipinski definition) is 2. The van der Waals surface area contributed by atoms with E-state index in [1.165, 1.54) is 18.4 Å². The van der Waals surface area contributed by atoms with Crippen molar-refractivity contribution in [1.29, 1.82) is 0 Å². The lowest BCUT2D eigenvalue weighted by Crippen LogP contribution is -2.44. The predicted octanol–water partition coefficient (Wildman–Crippen LogP) is 2.39. The number of methoxy groups -OCH3 is 1. The number of rotatable bonds is 8. The van der Waals surface area contributed by atoms with E-state index >= 15 is 0 Å². The molecular formula is C23H28N4O6S. The molecule has 182 valence electrons. The Balaban J connectivity index is 1.37. The van der Waals surface area contributed by atoms with E-state index in [4.69, 9.17) is 13.9 Å². The molecule has 4 rings (SSSR count). The van der Waals surface area contributed by atoms with Gasteiger partial charge in [-0.25, -0.2) is 9.78 Å². The second kappa shape index (κ2) is 10.5. The molecule has 2 N–H and O–H groups in total. The number of aromatic amines is 1. The zero-order chi connectivity index (χ0) is 24.2. The zero-order valence-electron chi connectivity index (χ0n) is 19.4. The summed E-state index contributed by atoms with van der Waals surface area (Å²) in [6.45, 7) is 5.98. The summed E-state index contributed by atoms with van der Waals surface area (Å²) < 4.78 is 15.5. The van der Waals surface area contributed by atoms with E-state index in [1.54, 1.807) is 26.0 Å². The van der Waals surface area contributed by atoms with Gasteiger partial charge < -0.3 is 24.2 Å². The van der Waals surface area contributed by atoms with Gasteiger partial charge in [0.25, 0.3) is 11.5 Å². The molecule has 3 aromatic heterocycles. The Bertz CT molecular complexity index is 1240. The molecule has 0 radical (unpaired) electrons. The molecule has 1 aliphatic rings. The van der Waals surface area contributed by atoms with E-state index in [0.29, 0.717) is 51.2 Å². The molecule has 3 aromatic rings. The van der Waals surface area contributed by atoms with E-state index < -0.39 is 5.97 Å². The average molecular weight is 489 g/mol. The highest BCUT2D eigenvalue weighted by atomic mass is 32.1. The van der Waals surface area contributed by atoms with Gasteiger partial charge in [0.05, 0.1) is 18.5 Å². The number of likely N-dealkylation sites (tertiary alicyclic amines) is 1. The van der Waals surface area contributed by atoms with Gasteiger partial charge in [-0.2, -0.15) is 0 Å². The van der Waals surface area contributed by atoms with Crippen LogP contribution in [-0.2, 0) is 16.0 Å². The Labute approximate surface area is 200 Å². The fourth-order valence-electron chi connectivity index (χ4n) is 4.00. The van der Waals surface area contributed by atoms with Crippen LogP contribution in [-0.4, -0.2) is 66.2 Å². The van der Waals surface area contributed by atoms with Crippen LogP contribution < -0.4 is 10.9 Å². The number of H-pyrrole nitrogens is 1. The maximum absolute atomic E-state index is 12.7. The summed E-state index contributed by atoms with van der Waals surface area (Å²) in [6.07, 6.45) is 1.57. The largest absolute Gasteiger partial charge is 0.459 e. The number of amides is 1. The number of hydrogen-bond acceptors (Lipinski definition) is 9. The summed E-state index contributed by atoms with van der Waals surface area (Å²) in [5.74, 6) is 0.893. The molecule has 10 nitrogen and oxygen atoms in total.